The predicted molar refractivity (Wildman–Crippen MR) is 71.2 cm³/mol. The highest BCUT2D eigenvalue weighted by atomic mass is 35.5. The van der Waals surface area contributed by atoms with Crippen LogP contribution in [0, 0.1) is 0 Å². The van der Waals surface area contributed by atoms with Gasteiger partial charge in [-0.05, 0) is 12.1 Å². The van der Waals surface area contributed by atoms with Crippen molar-refractivity contribution in [1.82, 2.24) is 0 Å². The van der Waals surface area contributed by atoms with Gasteiger partial charge in [0.1, 0.15) is 0 Å². The number of halogens is 6. The van der Waals surface area contributed by atoms with Crippen molar-refractivity contribution in [3.8, 4) is 0 Å². The van der Waals surface area contributed by atoms with E-state index in [1.165, 1.54) is 30.3 Å². The first kappa shape index (κ1) is 15.8. The number of hydrogen-bond donors (Lipinski definition) is 0. The molecule has 1 aromatic carbocycles. The second-order valence-electron chi connectivity index (χ2n) is 4.88. The van der Waals surface area contributed by atoms with Crippen molar-refractivity contribution in [3.05, 3.63) is 53.6 Å². The maximum absolute atomic E-state index is 15.5. The second kappa shape index (κ2) is 4.95. The number of hydrogen-bond acceptors (Lipinski definition) is 2. The van der Waals surface area contributed by atoms with Crippen LogP contribution in [-0.4, -0.2) is 23.4 Å². The molecule has 1 fully saturated rings. The van der Waals surface area contributed by atoms with E-state index < -0.39 is 46.7 Å². The molecular weight excluding hydrogens is 345 g/mol. The Morgan fingerprint density at radius 3 is 2.17 bits per heavy atom. The molecule has 23 heavy (non-hydrogen) atoms. The second-order valence-corrected chi connectivity index (χ2v) is 5.14. The molecule has 1 saturated heterocycles. The van der Waals surface area contributed by atoms with Crippen LogP contribution in [0.15, 0.2) is 53.6 Å². The average Bonchev–Trinajstić information content (AvgIpc) is 2.80. The Balaban J connectivity index is 2.31. The van der Waals surface area contributed by atoms with Crippen molar-refractivity contribution < 1.29 is 31.5 Å². The molecule has 0 saturated carbocycles. The summed E-state index contributed by atoms with van der Waals surface area (Å²) in [5.41, 5.74) is -3.41. The first-order valence-electron chi connectivity index (χ1n) is 6.26. The Morgan fingerprint density at radius 2 is 1.61 bits per heavy atom. The Morgan fingerprint density at radius 1 is 1.04 bits per heavy atom. The number of ether oxygens (including phenoxy) is 1. The van der Waals surface area contributed by atoms with Crippen LogP contribution < -0.4 is 4.90 Å². The lowest BCUT2D eigenvalue weighted by Crippen LogP contribution is -2.59. The highest BCUT2D eigenvalue weighted by molar-refractivity contribution is 6.19. The highest BCUT2D eigenvalue weighted by Gasteiger charge is 2.75. The minimum Gasteiger partial charge on any atom is -0.428 e. The molecule has 0 radical (unpaired) electrons. The van der Waals surface area contributed by atoms with Gasteiger partial charge in [0.2, 0.25) is 11.4 Å². The van der Waals surface area contributed by atoms with Crippen LogP contribution in [0.25, 0.3) is 0 Å². The van der Waals surface area contributed by atoms with Crippen LogP contribution in [0.4, 0.5) is 32.4 Å². The first-order valence-corrected chi connectivity index (χ1v) is 6.79. The van der Waals surface area contributed by atoms with Gasteiger partial charge in [-0.1, -0.05) is 18.2 Å². The van der Waals surface area contributed by atoms with Crippen molar-refractivity contribution in [2.24, 2.45) is 0 Å². The van der Waals surface area contributed by atoms with Crippen LogP contribution in [-0.2, 0) is 4.74 Å². The molecule has 0 bridgehead atoms. The highest BCUT2D eigenvalue weighted by Crippen LogP contribution is 2.57. The number of carbonyl (C=O) groups is 1. The lowest BCUT2D eigenvalue weighted by atomic mass is 9.85. The summed E-state index contributed by atoms with van der Waals surface area (Å²) in [6.45, 7) is 0. The number of alkyl halides is 2. The van der Waals surface area contributed by atoms with Gasteiger partial charge in [0.05, 0.1) is 11.6 Å². The summed E-state index contributed by atoms with van der Waals surface area (Å²) in [7, 11) is 0. The van der Waals surface area contributed by atoms with Crippen LogP contribution in [0.3, 0.4) is 0 Å². The molecule has 2 aliphatic rings. The van der Waals surface area contributed by atoms with Crippen molar-refractivity contribution in [1.29, 1.82) is 0 Å². The number of benzene rings is 1. The van der Waals surface area contributed by atoms with Crippen LogP contribution in [0.1, 0.15) is 0 Å². The molecule has 3 rings (SSSR count). The zero-order valence-electron chi connectivity index (χ0n) is 11.1. The molecule has 0 spiro atoms. The molecule has 1 heterocycles. The van der Waals surface area contributed by atoms with E-state index >= 15 is 4.39 Å². The largest absolute Gasteiger partial charge is 0.428 e. The molecule has 0 N–H and O–H groups in total. The van der Waals surface area contributed by atoms with Crippen molar-refractivity contribution >= 4 is 23.4 Å². The van der Waals surface area contributed by atoms with E-state index in [2.05, 4.69) is 4.74 Å². The van der Waals surface area contributed by atoms with Gasteiger partial charge in [-0.15, -0.1) is 11.6 Å². The van der Waals surface area contributed by atoms with Crippen molar-refractivity contribution in [2.45, 2.75) is 11.4 Å². The van der Waals surface area contributed by atoms with Gasteiger partial charge >= 0.3 is 6.09 Å². The van der Waals surface area contributed by atoms with E-state index in [0.29, 0.717) is 0 Å². The van der Waals surface area contributed by atoms with E-state index in [1.54, 1.807) is 0 Å². The maximum Gasteiger partial charge on any atom is 0.418 e. The number of para-hydroxylation sites is 1. The van der Waals surface area contributed by atoms with Gasteiger partial charge in [0.25, 0.3) is 5.79 Å². The van der Waals surface area contributed by atoms with Gasteiger partial charge in [-0.25, -0.2) is 31.6 Å². The molecule has 9 heteroatoms. The molecule has 1 aliphatic carbocycles. The van der Waals surface area contributed by atoms with Gasteiger partial charge in [-0.3, -0.25) is 0 Å². The van der Waals surface area contributed by atoms with Crippen molar-refractivity contribution in [2.75, 3.05) is 10.8 Å². The van der Waals surface area contributed by atoms with E-state index in [4.69, 9.17) is 11.6 Å². The Hall–Kier alpha value is -2.09. The fourth-order valence-electron chi connectivity index (χ4n) is 2.58. The van der Waals surface area contributed by atoms with E-state index in [1.807, 2.05) is 0 Å². The first-order chi connectivity index (χ1) is 10.8. The Bertz CT molecular complexity index is 753. The summed E-state index contributed by atoms with van der Waals surface area (Å²) in [6.07, 6.45) is -1.54. The number of amides is 1. The smallest absolute Gasteiger partial charge is 0.418 e. The maximum atomic E-state index is 15.5. The van der Waals surface area contributed by atoms with Crippen LogP contribution >= 0.6 is 11.6 Å². The summed E-state index contributed by atoms with van der Waals surface area (Å²) in [6, 6.07) is 6.63. The average molecular weight is 352 g/mol. The molecule has 0 unspecified atom stereocenters. The summed E-state index contributed by atoms with van der Waals surface area (Å²) >= 11 is 5.46. The third-order valence-electron chi connectivity index (χ3n) is 3.71. The summed E-state index contributed by atoms with van der Waals surface area (Å²) < 4.78 is 75.5. The van der Waals surface area contributed by atoms with E-state index in [-0.39, 0.29) is 10.6 Å². The molecule has 122 valence electrons. The quantitative estimate of drug-likeness (QED) is 0.443. The van der Waals surface area contributed by atoms with Gasteiger partial charge < -0.3 is 4.74 Å². The topological polar surface area (TPSA) is 29.5 Å². The SMILES string of the molecule is O=C1O[C@]2(CCl)C(F)=C(F)C(F)=C(F)[C@]2(F)N1c1ccccc1. The third-order valence-corrected chi connectivity index (χ3v) is 4.09. The normalized spacial score (nSPS) is 30.7. The molecule has 0 aromatic heterocycles. The molecular formula is C14H7ClF5NO2. The number of allylic oxidation sites excluding steroid dienone is 2. The van der Waals surface area contributed by atoms with E-state index in [9.17, 15) is 22.4 Å². The lowest BCUT2D eigenvalue weighted by molar-refractivity contribution is -0.0274. The van der Waals surface area contributed by atoms with Crippen LogP contribution in [0.5, 0.6) is 0 Å². The van der Waals surface area contributed by atoms with Gasteiger partial charge in [0.15, 0.2) is 17.5 Å². The zero-order valence-corrected chi connectivity index (χ0v) is 11.9. The fourth-order valence-corrected chi connectivity index (χ4v) is 2.93. The van der Waals surface area contributed by atoms with E-state index in [0.717, 1.165) is 0 Å². The standard InChI is InChI=1S/C14H7ClF5NO2/c15-6-13-10(18)8(16)9(17)11(19)14(13,20)21(12(22)23-13)7-4-2-1-3-5-7/h1-5H,6H2/t13-,14+/m1/s1. The third kappa shape index (κ3) is 1.72. The fraction of sp³-hybridized carbons (Fsp3) is 0.214. The molecule has 2 atom stereocenters. The molecule has 1 aliphatic heterocycles. The van der Waals surface area contributed by atoms with Gasteiger partial charge in [-0.2, -0.15) is 0 Å². The number of fused-ring (bicyclic) bond motifs is 1. The summed E-state index contributed by atoms with van der Waals surface area (Å²) in [4.78, 5) is 12.1. The lowest BCUT2D eigenvalue weighted by Gasteiger charge is -2.38. The minimum absolute atomic E-state index is 0.0658. The Kier molecular flexibility index (Phi) is 3.40. The van der Waals surface area contributed by atoms with Crippen molar-refractivity contribution in [3.63, 3.8) is 0 Å². The number of nitrogens with zero attached hydrogens (tertiary/aromatic N) is 1. The molecule has 1 amide bonds. The summed E-state index contributed by atoms with van der Waals surface area (Å²) in [5, 5.41) is 0. The molecule has 1 aromatic rings. The van der Waals surface area contributed by atoms with Gasteiger partial charge in [0, 0.05) is 0 Å². The summed E-state index contributed by atoms with van der Waals surface area (Å²) in [5.74, 6) is -14.1. The Labute approximate surface area is 131 Å². The number of rotatable bonds is 2. The zero-order chi connectivity index (χ0) is 17.0. The number of anilines is 1. The number of carbonyl (C=O) groups excluding carboxylic acids is 1. The monoisotopic (exact) mass is 351 g/mol. The predicted octanol–water partition coefficient (Wildman–Crippen LogP) is 4.60. The van der Waals surface area contributed by atoms with Crippen LogP contribution in [0.2, 0.25) is 0 Å². The minimum atomic E-state index is -3.79. The molecule has 3 nitrogen and oxygen atoms in total.